The molecule has 5 nitrogen and oxygen atoms in total. The van der Waals surface area contributed by atoms with Gasteiger partial charge in [0.2, 0.25) is 0 Å². The third kappa shape index (κ3) is 3.66. The zero-order chi connectivity index (χ0) is 13.1. The van der Waals surface area contributed by atoms with E-state index in [1.807, 2.05) is 7.05 Å². The molecule has 1 aliphatic heterocycles. The van der Waals surface area contributed by atoms with E-state index in [-0.39, 0.29) is 5.54 Å². The minimum atomic E-state index is -1.41. The van der Waals surface area contributed by atoms with E-state index >= 15 is 0 Å². The Bertz CT molecular complexity index is 271. The minimum Gasteiger partial charge on any atom is -0.467 e. The molecule has 0 aliphatic carbocycles. The summed E-state index contributed by atoms with van der Waals surface area (Å²) in [5, 5.41) is 13.3. The Morgan fingerprint density at radius 3 is 2.47 bits per heavy atom. The van der Waals surface area contributed by atoms with Crippen molar-refractivity contribution in [1.29, 1.82) is 0 Å². The number of carbonyl (C=O) groups is 1. The number of hydrogen-bond donors (Lipinski definition) is 2. The molecule has 1 heterocycles. The van der Waals surface area contributed by atoms with Crippen LogP contribution < -0.4 is 5.32 Å². The van der Waals surface area contributed by atoms with Gasteiger partial charge in [0.25, 0.3) is 0 Å². The minimum absolute atomic E-state index is 0.174. The largest absolute Gasteiger partial charge is 0.467 e. The molecule has 2 N–H and O–H groups in total. The lowest BCUT2D eigenvalue weighted by molar-refractivity contribution is -0.162. The molecule has 17 heavy (non-hydrogen) atoms. The van der Waals surface area contributed by atoms with Gasteiger partial charge >= 0.3 is 5.97 Å². The van der Waals surface area contributed by atoms with Crippen molar-refractivity contribution in [3.63, 3.8) is 0 Å². The van der Waals surface area contributed by atoms with E-state index in [1.165, 1.54) is 14.0 Å². The Morgan fingerprint density at radius 1 is 1.53 bits per heavy atom. The van der Waals surface area contributed by atoms with Gasteiger partial charge in [0, 0.05) is 25.2 Å². The van der Waals surface area contributed by atoms with Crippen LogP contribution in [0.2, 0.25) is 0 Å². The Kier molecular flexibility index (Phi) is 4.52. The smallest absolute Gasteiger partial charge is 0.338 e. The number of ether oxygens (including phenoxy) is 1. The topological polar surface area (TPSA) is 61.8 Å². The number of carbonyl (C=O) groups excluding carboxylic acids is 1. The Labute approximate surface area is 103 Å². The van der Waals surface area contributed by atoms with Crippen LogP contribution in [0.25, 0.3) is 0 Å². The van der Waals surface area contributed by atoms with Crippen LogP contribution in [0.1, 0.15) is 26.7 Å². The molecule has 5 heteroatoms. The molecule has 1 fully saturated rings. The third-order valence-electron chi connectivity index (χ3n) is 3.72. The Morgan fingerprint density at radius 2 is 2.06 bits per heavy atom. The quantitative estimate of drug-likeness (QED) is 0.681. The third-order valence-corrected chi connectivity index (χ3v) is 3.72. The summed E-state index contributed by atoms with van der Waals surface area (Å²) in [5.41, 5.74) is -1.24. The average molecular weight is 244 g/mol. The lowest BCUT2D eigenvalue weighted by atomic mass is 9.89. The molecule has 0 spiro atoms. The van der Waals surface area contributed by atoms with Crippen LogP contribution in [0.5, 0.6) is 0 Å². The number of β-amino-alcohol motifs (C(OH)–C–C–N with tert-alkyl or cyclic N) is 1. The average Bonchev–Trinajstić information content (AvgIpc) is 2.31. The van der Waals surface area contributed by atoms with Crippen LogP contribution in [-0.2, 0) is 9.53 Å². The number of rotatable bonds is 4. The van der Waals surface area contributed by atoms with E-state index in [4.69, 9.17) is 0 Å². The number of hydrogen-bond acceptors (Lipinski definition) is 5. The highest BCUT2D eigenvalue weighted by Crippen LogP contribution is 2.22. The van der Waals surface area contributed by atoms with Gasteiger partial charge in [-0.05, 0) is 33.7 Å². The maximum atomic E-state index is 11.4. The van der Waals surface area contributed by atoms with Gasteiger partial charge in [0.15, 0.2) is 5.60 Å². The molecule has 1 saturated heterocycles. The van der Waals surface area contributed by atoms with E-state index < -0.39 is 11.6 Å². The maximum Gasteiger partial charge on any atom is 0.338 e. The first kappa shape index (κ1) is 14.4. The van der Waals surface area contributed by atoms with E-state index in [2.05, 4.69) is 21.9 Å². The molecule has 1 rings (SSSR count). The molecule has 1 unspecified atom stereocenters. The molecule has 0 aromatic heterocycles. The van der Waals surface area contributed by atoms with Gasteiger partial charge in [-0.3, -0.25) is 4.90 Å². The van der Waals surface area contributed by atoms with Crippen molar-refractivity contribution >= 4 is 5.97 Å². The van der Waals surface area contributed by atoms with Crippen molar-refractivity contribution in [2.24, 2.45) is 0 Å². The summed E-state index contributed by atoms with van der Waals surface area (Å²) >= 11 is 0. The summed E-state index contributed by atoms with van der Waals surface area (Å²) in [6.07, 6.45) is 2.03. The molecule has 1 atom stereocenters. The molecule has 0 aromatic carbocycles. The second-order valence-corrected chi connectivity index (χ2v) is 5.35. The van der Waals surface area contributed by atoms with Crippen LogP contribution in [0.3, 0.4) is 0 Å². The molecule has 0 aromatic rings. The van der Waals surface area contributed by atoms with Crippen molar-refractivity contribution < 1.29 is 14.6 Å². The van der Waals surface area contributed by atoms with E-state index in [0.717, 1.165) is 25.9 Å². The molecule has 1 aliphatic rings. The SMILES string of the molecule is CNC1(C)CCN(CC(C)(O)C(=O)OC)CC1. The first-order valence-corrected chi connectivity index (χ1v) is 6.05. The number of methoxy groups -OCH3 is 1. The molecule has 0 bridgehead atoms. The first-order valence-electron chi connectivity index (χ1n) is 6.05. The van der Waals surface area contributed by atoms with Crippen molar-refractivity contribution in [3.8, 4) is 0 Å². The fourth-order valence-corrected chi connectivity index (χ4v) is 2.17. The zero-order valence-electron chi connectivity index (χ0n) is 11.2. The van der Waals surface area contributed by atoms with E-state index in [0.29, 0.717) is 6.54 Å². The van der Waals surface area contributed by atoms with Gasteiger partial charge in [-0.15, -0.1) is 0 Å². The summed E-state index contributed by atoms with van der Waals surface area (Å²) in [7, 11) is 3.27. The second kappa shape index (κ2) is 5.33. The van der Waals surface area contributed by atoms with Crippen LogP contribution in [0, 0.1) is 0 Å². The predicted molar refractivity (Wildman–Crippen MR) is 65.8 cm³/mol. The van der Waals surface area contributed by atoms with Gasteiger partial charge in [-0.2, -0.15) is 0 Å². The fourth-order valence-electron chi connectivity index (χ4n) is 2.17. The lowest BCUT2D eigenvalue weighted by Crippen LogP contribution is -2.54. The molecular weight excluding hydrogens is 220 g/mol. The van der Waals surface area contributed by atoms with Gasteiger partial charge in [-0.25, -0.2) is 4.79 Å². The van der Waals surface area contributed by atoms with Crippen LogP contribution in [0.15, 0.2) is 0 Å². The Balaban J connectivity index is 2.48. The van der Waals surface area contributed by atoms with Gasteiger partial charge in [-0.1, -0.05) is 0 Å². The highest BCUT2D eigenvalue weighted by Gasteiger charge is 2.36. The molecule has 100 valence electrons. The van der Waals surface area contributed by atoms with E-state index in [9.17, 15) is 9.90 Å². The van der Waals surface area contributed by atoms with Crippen LogP contribution in [-0.4, -0.2) is 60.9 Å². The van der Waals surface area contributed by atoms with Crippen LogP contribution >= 0.6 is 0 Å². The summed E-state index contributed by atoms with van der Waals surface area (Å²) in [6.45, 7) is 5.79. The molecule has 0 radical (unpaired) electrons. The fraction of sp³-hybridized carbons (Fsp3) is 0.917. The summed E-state index contributed by atoms with van der Waals surface area (Å²) in [5.74, 6) is -0.570. The zero-order valence-corrected chi connectivity index (χ0v) is 11.2. The van der Waals surface area contributed by atoms with Gasteiger partial charge in [0.1, 0.15) is 0 Å². The van der Waals surface area contributed by atoms with E-state index in [1.54, 1.807) is 0 Å². The summed E-state index contributed by atoms with van der Waals surface area (Å²) in [6, 6.07) is 0. The predicted octanol–water partition coefficient (Wildman–Crippen LogP) is -0.0157. The highest BCUT2D eigenvalue weighted by atomic mass is 16.5. The number of piperidine rings is 1. The number of likely N-dealkylation sites (tertiary alicyclic amines) is 1. The lowest BCUT2D eigenvalue weighted by Gasteiger charge is -2.41. The normalized spacial score (nSPS) is 24.1. The highest BCUT2D eigenvalue weighted by molar-refractivity contribution is 5.78. The number of nitrogens with one attached hydrogen (secondary N) is 1. The second-order valence-electron chi connectivity index (χ2n) is 5.35. The molecular formula is C12H24N2O3. The standard InChI is InChI=1S/C12H24N2O3/c1-11(13-3)5-7-14(8-6-11)9-12(2,16)10(15)17-4/h13,16H,5-9H2,1-4H3. The summed E-state index contributed by atoms with van der Waals surface area (Å²) < 4.78 is 4.59. The first-order chi connectivity index (χ1) is 7.83. The van der Waals surface area contributed by atoms with Crippen molar-refractivity contribution in [3.05, 3.63) is 0 Å². The van der Waals surface area contributed by atoms with Crippen LogP contribution in [0.4, 0.5) is 0 Å². The number of aliphatic hydroxyl groups is 1. The number of nitrogens with zero attached hydrogens (tertiary/aromatic N) is 1. The molecule has 0 amide bonds. The van der Waals surface area contributed by atoms with Crippen molar-refractivity contribution in [1.82, 2.24) is 10.2 Å². The van der Waals surface area contributed by atoms with Crippen molar-refractivity contribution in [2.45, 2.75) is 37.8 Å². The summed E-state index contributed by atoms with van der Waals surface area (Å²) in [4.78, 5) is 13.5. The van der Waals surface area contributed by atoms with Crippen molar-refractivity contribution in [2.75, 3.05) is 33.8 Å². The van der Waals surface area contributed by atoms with Gasteiger partial charge < -0.3 is 15.2 Å². The molecule has 0 saturated carbocycles. The number of esters is 1. The Hall–Kier alpha value is -0.650. The maximum absolute atomic E-state index is 11.4. The monoisotopic (exact) mass is 244 g/mol. The van der Waals surface area contributed by atoms with Gasteiger partial charge in [0.05, 0.1) is 7.11 Å².